The first kappa shape index (κ1) is 12.1. The lowest BCUT2D eigenvalue weighted by Gasteiger charge is -2.08. The van der Waals surface area contributed by atoms with Crippen molar-refractivity contribution in [2.24, 2.45) is 0 Å². The Morgan fingerprint density at radius 3 is 2.79 bits per heavy atom. The highest BCUT2D eigenvalue weighted by Crippen LogP contribution is 2.25. The third-order valence-electron chi connectivity index (χ3n) is 3.55. The van der Waals surface area contributed by atoms with Gasteiger partial charge in [0.1, 0.15) is 5.75 Å². The molecule has 0 atom stereocenters. The van der Waals surface area contributed by atoms with Crippen molar-refractivity contribution in [1.82, 2.24) is 0 Å². The van der Waals surface area contributed by atoms with Crippen LogP contribution < -0.4 is 10.1 Å². The number of benzene rings is 2. The van der Waals surface area contributed by atoms with E-state index in [4.69, 9.17) is 4.74 Å². The molecule has 2 aromatic rings. The lowest BCUT2D eigenvalue weighted by atomic mass is 10.1. The highest BCUT2D eigenvalue weighted by molar-refractivity contribution is 5.45. The van der Waals surface area contributed by atoms with Crippen molar-refractivity contribution in [2.75, 3.05) is 18.5 Å². The molecule has 1 heterocycles. The summed E-state index contributed by atoms with van der Waals surface area (Å²) in [5.74, 6) is 1.07. The maximum Gasteiger partial charge on any atom is 0.122 e. The molecule has 0 fully saturated rings. The molecule has 1 aliphatic heterocycles. The Bertz CT molecular complexity index is 560. The van der Waals surface area contributed by atoms with E-state index in [0.29, 0.717) is 0 Å². The Kier molecular flexibility index (Phi) is 3.41. The number of hydrogen-bond acceptors (Lipinski definition) is 2. The molecule has 3 rings (SSSR count). The van der Waals surface area contributed by atoms with Crippen molar-refractivity contribution in [3.63, 3.8) is 0 Å². The van der Waals surface area contributed by atoms with Gasteiger partial charge in [-0.3, -0.25) is 0 Å². The zero-order chi connectivity index (χ0) is 13.1. The van der Waals surface area contributed by atoms with Crippen LogP contribution in [0, 0.1) is 6.92 Å². The smallest absolute Gasteiger partial charge is 0.122 e. The second kappa shape index (κ2) is 5.35. The summed E-state index contributed by atoms with van der Waals surface area (Å²) in [5.41, 5.74) is 5.22. The molecule has 0 unspecified atom stereocenters. The molecule has 0 amide bonds. The zero-order valence-electron chi connectivity index (χ0n) is 11.3. The highest BCUT2D eigenvalue weighted by atomic mass is 16.5. The van der Waals surface area contributed by atoms with Crippen LogP contribution in [0.15, 0.2) is 42.5 Å². The Morgan fingerprint density at radius 1 is 1.11 bits per heavy atom. The van der Waals surface area contributed by atoms with Gasteiger partial charge in [0, 0.05) is 18.7 Å². The van der Waals surface area contributed by atoms with Gasteiger partial charge in [0.15, 0.2) is 0 Å². The molecule has 1 N–H and O–H groups in total. The minimum atomic E-state index is 0.834. The predicted molar refractivity (Wildman–Crippen MR) is 79.0 cm³/mol. The van der Waals surface area contributed by atoms with Crippen molar-refractivity contribution in [3.05, 3.63) is 59.2 Å². The van der Waals surface area contributed by atoms with E-state index in [2.05, 4.69) is 54.7 Å². The van der Waals surface area contributed by atoms with E-state index in [0.717, 1.165) is 31.7 Å². The van der Waals surface area contributed by atoms with Gasteiger partial charge in [-0.1, -0.05) is 29.8 Å². The number of nitrogens with one attached hydrogen (secondary N) is 1. The number of anilines is 1. The molecule has 0 radical (unpaired) electrons. The van der Waals surface area contributed by atoms with E-state index in [1.54, 1.807) is 0 Å². The Balaban J connectivity index is 1.56. The fourth-order valence-corrected chi connectivity index (χ4v) is 2.42. The topological polar surface area (TPSA) is 21.3 Å². The molecule has 0 saturated carbocycles. The Hall–Kier alpha value is -1.96. The van der Waals surface area contributed by atoms with Crippen LogP contribution in [-0.4, -0.2) is 13.2 Å². The first-order valence-electron chi connectivity index (χ1n) is 6.86. The quantitative estimate of drug-likeness (QED) is 0.899. The zero-order valence-corrected chi connectivity index (χ0v) is 11.3. The number of ether oxygens (including phenoxy) is 1. The summed E-state index contributed by atoms with van der Waals surface area (Å²) < 4.78 is 5.52. The molecule has 1 aliphatic rings. The molecule has 19 heavy (non-hydrogen) atoms. The normalized spacial score (nSPS) is 12.9. The number of fused-ring (bicyclic) bond motifs is 1. The van der Waals surface area contributed by atoms with Crippen LogP contribution in [0.25, 0.3) is 0 Å². The van der Waals surface area contributed by atoms with E-state index < -0.39 is 0 Å². The summed E-state index contributed by atoms with van der Waals surface area (Å²) in [5, 5.41) is 3.46. The second-order valence-electron chi connectivity index (χ2n) is 5.08. The van der Waals surface area contributed by atoms with Gasteiger partial charge < -0.3 is 10.1 Å². The predicted octanol–water partition coefficient (Wildman–Crippen LogP) is 3.58. The minimum absolute atomic E-state index is 0.834. The lowest BCUT2D eigenvalue weighted by molar-refractivity contribution is 0.357. The van der Waals surface area contributed by atoms with E-state index in [1.165, 1.54) is 22.4 Å². The molecule has 98 valence electrons. The van der Waals surface area contributed by atoms with Gasteiger partial charge in [-0.15, -0.1) is 0 Å². The first-order chi connectivity index (χ1) is 9.31. The lowest BCUT2D eigenvalue weighted by Crippen LogP contribution is -2.04. The highest BCUT2D eigenvalue weighted by Gasteiger charge is 2.11. The van der Waals surface area contributed by atoms with Crippen molar-refractivity contribution < 1.29 is 4.74 Å². The second-order valence-corrected chi connectivity index (χ2v) is 5.08. The van der Waals surface area contributed by atoms with Crippen LogP contribution >= 0.6 is 0 Å². The van der Waals surface area contributed by atoms with Gasteiger partial charge in [0.2, 0.25) is 0 Å². The summed E-state index contributed by atoms with van der Waals surface area (Å²) >= 11 is 0. The van der Waals surface area contributed by atoms with Gasteiger partial charge in [-0.05, 0) is 42.7 Å². The summed E-state index contributed by atoms with van der Waals surface area (Å²) in [6.45, 7) is 3.90. The van der Waals surface area contributed by atoms with Crippen LogP contribution in [0.3, 0.4) is 0 Å². The maximum atomic E-state index is 5.52. The van der Waals surface area contributed by atoms with Crippen LogP contribution in [-0.2, 0) is 12.8 Å². The minimum Gasteiger partial charge on any atom is -0.493 e. The molecule has 0 aliphatic carbocycles. The van der Waals surface area contributed by atoms with Crippen LogP contribution in [0.4, 0.5) is 5.69 Å². The van der Waals surface area contributed by atoms with Crippen LogP contribution in [0.5, 0.6) is 5.75 Å². The molecule has 0 spiro atoms. The summed E-state index contributed by atoms with van der Waals surface area (Å²) in [6.07, 6.45) is 2.09. The third-order valence-corrected chi connectivity index (χ3v) is 3.55. The maximum absolute atomic E-state index is 5.52. The van der Waals surface area contributed by atoms with Crippen molar-refractivity contribution in [2.45, 2.75) is 19.8 Å². The third kappa shape index (κ3) is 2.90. The molecule has 2 aromatic carbocycles. The SMILES string of the molecule is Cc1ccc(NCCc2ccc3c(c2)CCO3)cc1. The molecule has 2 heteroatoms. The number of aryl methyl sites for hydroxylation is 1. The Morgan fingerprint density at radius 2 is 1.95 bits per heavy atom. The van der Waals surface area contributed by atoms with E-state index in [-0.39, 0.29) is 0 Å². The molecule has 2 nitrogen and oxygen atoms in total. The van der Waals surface area contributed by atoms with Crippen LogP contribution in [0.2, 0.25) is 0 Å². The number of rotatable bonds is 4. The molecule has 0 aromatic heterocycles. The summed E-state index contributed by atoms with van der Waals surface area (Å²) in [6, 6.07) is 15.1. The van der Waals surface area contributed by atoms with Gasteiger partial charge in [-0.2, -0.15) is 0 Å². The molecule has 0 saturated heterocycles. The van der Waals surface area contributed by atoms with Crippen molar-refractivity contribution in [1.29, 1.82) is 0 Å². The van der Waals surface area contributed by atoms with E-state index >= 15 is 0 Å². The number of hydrogen-bond donors (Lipinski definition) is 1. The summed E-state index contributed by atoms with van der Waals surface area (Å²) in [4.78, 5) is 0. The van der Waals surface area contributed by atoms with E-state index in [1.807, 2.05) is 0 Å². The van der Waals surface area contributed by atoms with Crippen molar-refractivity contribution >= 4 is 5.69 Å². The monoisotopic (exact) mass is 253 g/mol. The van der Waals surface area contributed by atoms with Gasteiger partial charge in [0.25, 0.3) is 0 Å². The van der Waals surface area contributed by atoms with Crippen LogP contribution in [0.1, 0.15) is 16.7 Å². The average molecular weight is 253 g/mol. The average Bonchev–Trinajstić information content (AvgIpc) is 2.88. The fourth-order valence-electron chi connectivity index (χ4n) is 2.42. The molecular formula is C17H19NO. The van der Waals surface area contributed by atoms with Gasteiger partial charge in [-0.25, -0.2) is 0 Å². The Labute approximate surface area is 114 Å². The van der Waals surface area contributed by atoms with Gasteiger partial charge in [0.05, 0.1) is 6.61 Å². The summed E-state index contributed by atoms with van der Waals surface area (Å²) in [7, 11) is 0. The fraction of sp³-hybridized carbons (Fsp3) is 0.294. The van der Waals surface area contributed by atoms with E-state index in [9.17, 15) is 0 Å². The van der Waals surface area contributed by atoms with Gasteiger partial charge >= 0.3 is 0 Å². The largest absolute Gasteiger partial charge is 0.493 e. The molecule has 0 bridgehead atoms. The first-order valence-corrected chi connectivity index (χ1v) is 6.86. The van der Waals surface area contributed by atoms with Crippen molar-refractivity contribution in [3.8, 4) is 5.75 Å². The standard InChI is InChI=1S/C17H19NO/c1-13-2-5-16(6-3-13)18-10-8-14-4-7-17-15(12-14)9-11-19-17/h2-7,12,18H,8-11H2,1H3. The molecular weight excluding hydrogens is 234 g/mol.